The number of rotatable bonds is 0. The van der Waals surface area contributed by atoms with Crippen LogP contribution in [0.2, 0.25) is 0 Å². The lowest BCUT2D eigenvalue weighted by atomic mass is 10.1. The summed E-state index contributed by atoms with van der Waals surface area (Å²) in [6.07, 6.45) is -5.08. The fourth-order valence-corrected chi connectivity index (χ4v) is 0.872. The van der Waals surface area contributed by atoms with Crippen LogP contribution in [0.3, 0.4) is 0 Å². The lowest BCUT2D eigenvalue weighted by Gasteiger charge is -1.98. The number of halogens is 3. The molecule has 0 spiro atoms. The molecule has 0 radical (unpaired) electrons. The van der Waals surface area contributed by atoms with Crippen molar-refractivity contribution in [3.05, 3.63) is 34.9 Å². The highest BCUT2D eigenvalue weighted by Gasteiger charge is 2.38. The van der Waals surface area contributed by atoms with Gasteiger partial charge < -0.3 is 5.11 Å². The molecule has 0 atom stereocenters. The molecule has 3 nitrogen and oxygen atoms in total. The second-order valence-corrected chi connectivity index (χ2v) is 3.16. The number of alkyl halides is 3. The maximum atomic E-state index is 10.6. The highest BCUT2D eigenvalue weighted by Crippen LogP contribution is 2.13. The summed E-state index contributed by atoms with van der Waals surface area (Å²) in [6.45, 7) is 3.98. The first-order chi connectivity index (χ1) is 7.70. The third-order valence-electron chi connectivity index (χ3n) is 1.97. The van der Waals surface area contributed by atoms with Crippen LogP contribution >= 0.6 is 0 Å². The molecular weight excluding hydrogens is 235 g/mol. The largest absolute Gasteiger partial charge is 0.490 e. The molecule has 0 heterocycles. The van der Waals surface area contributed by atoms with Crippen LogP contribution in [0.25, 0.3) is 0 Å². The van der Waals surface area contributed by atoms with E-state index < -0.39 is 12.1 Å². The molecule has 17 heavy (non-hydrogen) atoms. The van der Waals surface area contributed by atoms with E-state index in [0.717, 1.165) is 11.1 Å². The monoisotopic (exact) mass is 245 g/mol. The number of aryl methyl sites for hydroxylation is 1. The van der Waals surface area contributed by atoms with Crippen LogP contribution in [-0.2, 0) is 4.79 Å². The number of carbonyl (C=O) groups is 1. The zero-order valence-corrected chi connectivity index (χ0v) is 9.17. The Labute approximate surface area is 96.1 Å². The summed E-state index contributed by atoms with van der Waals surface area (Å²) >= 11 is 0. The Morgan fingerprint density at radius 1 is 1.35 bits per heavy atom. The maximum Gasteiger partial charge on any atom is 0.490 e. The van der Waals surface area contributed by atoms with Gasteiger partial charge in [-0.15, -0.1) is 0 Å². The highest BCUT2D eigenvalue weighted by molar-refractivity contribution is 5.73. The Balaban J connectivity index is 0.000000325. The van der Waals surface area contributed by atoms with Crippen LogP contribution in [0.4, 0.5) is 13.2 Å². The molecule has 6 heteroatoms. The van der Waals surface area contributed by atoms with E-state index in [4.69, 9.17) is 15.2 Å². The lowest BCUT2D eigenvalue weighted by Crippen LogP contribution is -2.21. The molecule has 0 fully saturated rings. The Morgan fingerprint density at radius 3 is 2.12 bits per heavy atom. The van der Waals surface area contributed by atoms with Crippen LogP contribution in [0.15, 0.2) is 18.2 Å². The molecule has 1 N–H and O–H groups in total. The SMILES string of the molecule is Cc1cccc(C#N)c1C.O=C(O)C(F)(F)F. The second kappa shape index (κ2) is 5.89. The number of nitriles is 1. The molecule has 0 aliphatic rings. The van der Waals surface area contributed by atoms with Crippen molar-refractivity contribution in [2.45, 2.75) is 20.0 Å². The molecule has 0 aromatic heterocycles. The number of aliphatic carboxylic acids is 1. The van der Waals surface area contributed by atoms with E-state index in [1.807, 2.05) is 32.0 Å². The molecule has 1 rings (SSSR count). The van der Waals surface area contributed by atoms with E-state index in [-0.39, 0.29) is 0 Å². The first-order valence-corrected chi connectivity index (χ1v) is 4.46. The van der Waals surface area contributed by atoms with E-state index in [2.05, 4.69) is 6.07 Å². The Bertz CT molecular complexity index is 447. The van der Waals surface area contributed by atoms with E-state index in [0.29, 0.717) is 0 Å². The molecule has 0 unspecified atom stereocenters. The van der Waals surface area contributed by atoms with Gasteiger partial charge in [0.25, 0.3) is 0 Å². The van der Waals surface area contributed by atoms with Crippen molar-refractivity contribution >= 4 is 5.97 Å². The van der Waals surface area contributed by atoms with Gasteiger partial charge in [-0.2, -0.15) is 18.4 Å². The number of carboxylic acid groups (broad SMARTS) is 1. The van der Waals surface area contributed by atoms with Crippen LogP contribution in [-0.4, -0.2) is 17.3 Å². The van der Waals surface area contributed by atoms with Crippen molar-refractivity contribution in [2.75, 3.05) is 0 Å². The quantitative estimate of drug-likeness (QED) is 0.764. The van der Waals surface area contributed by atoms with E-state index >= 15 is 0 Å². The van der Waals surface area contributed by atoms with Gasteiger partial charge in [-0.05, 0) is 31.0 Å². The number of benzene rings is 1. The zero-order valence-electron chi connectivity index (χ0n) is 9.17. The fraction of sp³-hybridized carbons (Fsp3) is 0.273. The van der Waals surface area contributed by atoms with E-state index in [9.17, 15) is 13.2 Å². The van der Waals surface area contributed by atoms with Crippen LogP contribution in [0, 0.1) is 25.2 Å². The van der Waals surface area contributed by atoms with Crippen molar-refractivity contribution in [2.24, 2.45) is 0 Å². The summed E-state index contributed by atoms with van der Waals surface area (Å²) in [7, 11) is 0. The number of hydrogen-bond acceptors (Lipinski definition) is 2. The molecule has 1 aromatic carbocycles. The number of carboxylic acids is 1. The molecule has 0 saturated heterocycles. The van der Waals surface area contributed by atoms with Gasteiger partial charge in [0.05, 0.1) is 11.6 Å². The minimum absolute atomic E-state index is 0.778. The van der Waals surface area contributed by atoms with Crippen LogP contribution in [0.1, 0.15) is 16.7 Å². The average molecular weight is 245 g/mol. The summed E-state index contributed by atoms with van der Waals surface area (Å²) in [6, 6.07) is 7.89. The van der Waals surface area contributed by atoms with E-state index in [1.54, 1.807) is 0 Å². The van der Waals surface area contributed by atoms with Gasteiger partial charge in [-0.3, -0.25) is 0 Å². The predicted molar refractivity (Wildman–Crippen MR) is 54.3 cm³/mol. The van der Waals surface area contributed by atoms with Crippen molar-refractivity contribution in [1.82, 2.24) is 0 Å². The van der Waals surface area contributed by atoms with Gasteiger partial charge in [-0.1, -0.05) is 12.1 Å². The van der Waals surface area contributed by atoms with Gasteiger partial charge in [0, 0.05) is 0 Å². The summed E-state index contributed by atoms with van der Waals surface area (Å²) < 4.78 is 31.7. The normalized spacial score (nSPS) is 9.88. The van der Waals surface area contributed by atoms with Gasteiger partial charge >= 0.3 is 12.1 Å². The molecule has 0 aliphatic carbocycles. The Kier molecular flexibility index (Phi) is 5.19. The number of hydrogen-bond donors (Lipinski definition) is 1. The zero-order chi connectivity index (χ0) is 13.6. The first-order valence-electron chi connectivity index (χ1n) is 4.46. The van der Waals surface area contributed by atoms with Gasteiger partial charge in [0.1, 0.15) is 0 Å². The van der Waals surface area contributed by atoms with Crippen molar-refractivity contribution < 1.29 is 23.1 Å². The minimum atomic E-state index is -5.08. The maximum absolute atomic E-state index is 10.6. The smallest absolute Gasteiger partial charge is 0.475 e. The molecule has 92 valence electrons. The third kappa shape index (κ3) is 5.02. The fourth-order valence-electron chi connectivity index (χ4n) is 0.872. The minimum Gasteiger partial charge on any atom is -0.475 e. The third-order valence-corrected chi connectivity index (χ3v) is 1.97. The Morgan fingerprint density at radius 2 is 1.82 bits per heavy atom. The van der Waals surface area contributed by atoms with Gasteiger partial charge in [0.2, 0.25) is 0 Å². The number of nitrogens with zero attached hydrogens (tertiary/aromatic N) is 1. The van der Waals surface area contributed by atoms with Crippen LogP contribution in [0.5, 0.6) is 0 Å². The molecule has 0 bridgehead atoms. The van der Waals surface area contributed by atoms with Crippen molar-refractivity contribution in [1.29, 1.82) is 5.26 Å². The molecule has 0 saturated carbocycles. The summed E-state index contributed by atoms with van der Waals surface area (Å²) in [4.78, 5) is 8.90. The molecule has 1 aromatic rings. The summed E-state index contributed by atoms with van der Waals surface area (Å²) in [5, 5.41) is 15.7. The topological polar surface area (TPSA) is 61.1 Å². The standard InChI is InChI=1S/C9H9N.C2HF3O2/c1-7-4-3-5-9(6-10)8(7)2;3-2(4,5)1(6)7/h3-5H,1-2H3;(H,6,7). The molecule has 0 amide bonds. The Hall–Kier alpha value is -2.03. The highest BCUT2D eigenvalue weighted by atomic mass is 19.4. The first kappa shape index (κ1) is 15.0. The lowest BCUT2D eigenvalue weighted by molar-refractivity contribution is -0.192. The van der Waals surface area contributed by atoms with Crippen LogP contribution < -0.4 is 0 Å². The van der Waals surface area contributed by atoms with Crippen molar-refractivity contribution in [3.63, 3.8) is 0 Å². The predicted octanol–water partition coefficient (Wildman–Crippen LogP) is 2.81. The molecule has 0 aliphatic heterocycles. The second-order valence-electron chi connectivity index (χ2n) is 3.16. The average Bonchev–Trinajstić information content (AvgIpc) is 2.21. The van der Waals surface area contributed by atoms with Gasteiger partial charge in [0.15, 0.2) is 0 Å². The summed E-state index contributed by atoms with van der Waals surface area (Å²) in [5.74, 6) is -2.76. The molecular formula is C11H10F3NO2. The van der Waals surface area contributed by atoms with E-state index in [1.165, 1.54) is 5.56 Å². The van der Waals surface area contributed by atoms with Gasteiger partial charge in [-0.25, -0.2) is 4.79 Å². The summed E-state index contributed by atoms with van der Waals surface area (Å²) in [5.41, 5.74) is 3.05. The van der Waals surface area contributed by atoms with Crippen molar-refractivity contribution in [3.8, 4) is 6.07 Å².